The summed E-state index contributed by atoms with van der Waals surface area (Å²) in [6.07, 6.45) is 0. The van der Waals surface area contributed by atoms with Gasteiger partial charge >= 0.3 is 5.69 Å². The van der Waals surface area contributed by atoms with Gasteiger partial charge in [0.25, 0.3) is 0 Å². The lowest BCUT2D eigenvalue weighted by Gasteiger charge is -2.29. The number of hydrogen-bond donors (Lipinski definition) is 0. The van der Waals surface area contributed by atoms with Crippen molar-refractivity contribution in [3.8, 4) is 5.75 Å². The van der Waals surface area contributed by atoms with Gasteiger partial charge in [0.1, 0.15) is 5.75 Å². The van der Waals surface area contributed by atoms with E-state index in [9.17, 15) is 0 Å². The van der Waals surface area contributed by atoms with Gasteiger partial charge in [-0.3, -0.25) is 0 Å². The number of nitrogens with zero attached hydrogens (tertiary/aromatic N) is 3. The van der Waals surface area contributed by atoms with Crippen molar-refractivity contribution in [3.63, 3.8) is 0 Å². The monoisotopic (exact) mass is 220 g/mol. The number of benzene rings is 1. The Morgan fingerprint density at radius 2 is 2.12 bits per heavy atom. The molecule has 0 N–H and O–H groups in total. The lowest BCUT2D eigenvalue weighted by atomic mass is 10.2. The topological polar surface area (TPSA) is 49.8 Å². The molecule has 0 aromatic heterocycles. The van der Waals surface area contributed by atoms with Gasteiger partial charge in [0, 0.05) is 19.2 Å². The molecule has 0 unspecified atom stereocenters. The van der Waals surface area contributed by atoms with Gasteiger partial charge < -0.3 is 14.4 Å². The van der Waals surface area contributed by atoms with Gasteiger partial charge in [0.05, 0.1) is 32.1 Å². The summed E-state index contributed by atoms with van der Waals surface area (Å²) in [5.41, 5.74) is 1.51. The average molecular weight is 220 g/mol. The van der Waals surface area contributed by atoms with E-state index < -0.39 is 0 Å². The minimum absolute atomic E-state index is 0.494. The molecule has 0 amide bonds. The van der Waals surface area contributed by atoms with Crippen molar-refractivity contribution in [3.05, 3.63) is 23.2 Å². The van der Waals surface area contributed by atoms with Crippen LogP contribution in [0.5, 0.6) is 5.75 Å². The van der Waals surface area contributed by atoms with E-state index in [1.54, 1.807) is 19.2 Å². The molecule has 1 aliphatic heterocycles. The maximum Gasteiger partial charge on any atom is 0.388 e. The third kappa shape index (κ3) is 2.07. The van der Waals surface area contributed by atoms with Crippen LogP contribution in [-0.2, 0) is 4.74 Å². The number of methoxy groups -OCH3 is 1. The minimum Gasteiger partial charge on any atom is -0.494 e. The first-order chi connectivity index (χ1) is 7.85. The lowest BCUT2D eigenvalue weighted by Crippen LogP contribution is -2.36. The maximum atomic E-state index is 8.69. The van der Waals surface area contributed by atoms with Crippen LogP contribution in [0.1, 0.15) is 0 Å². The van der Waals surface area contributed by atoms with E-state index in [1.807, 2.05) is 6.07 Å². The Hall–Kier alpha value is -1.80. The highest BCUT2D eigenvalue weighted by atomic mass is 16.5. The number of anilines is 1. The molecule has 1 fully saturated rings. The molecule has 0 aliphatic carbocycles. The van der Waals surface area contributed by atoms with Gasteiger partial charge in [-0.05, 0) is 6.07 Å². The van der Waals surface area contributed by atoms with E-state index in [0.29, 0.717) is 5.69 Å². The fourth-order valence-corrected chi connectivity index (χ4v) is 1.79. The fourth-order valence-electron chi connectivity index (χ4n) is 1.79. The van der Waals surface area contributed by atoms with E-state index in [-0.39, 0.29) is 0 Å². The summed E-state index contributed by atoms with van der Waals surface area (Å²) >= 11 is 0. The molecule has 0 atom stereocenters. The largest absolute Gasteiger partial charge is 0.494 e. The van der Waals surface area contributed by atoms with E-state index in [2.05, 4.69) is 9.88 Å². The summed E-state index contributed by atoms with van der Waals surface area (Å²) in [7, 11) is 1.61. The first kappa shape index (κ1) is 10.7. The summed E-state index contributed by atoms with van der Waals surface area (Å²) in [6, 6.07) is 5.37. The molecule has 1 saturated heterocycles. The number of rotatable bonds is 2. The van der Waals surface area contributed by atoms with E-state index >= 15 is 0 Å². The summed E-state index contributed by atoms with van der Waals surface area (Å²) in [6.45, 7) is 3.17. The Kier molecular flexibility index (Phi) is 3.22. The predicted octanol–water partition coefficient (Wildman–Crippen LogP) is 2.02. The zero-order valence-electron chi connectivity index (χ0n) is 9.22. The molecule has 1 aliphatic rings. The van der Waals surface area contributed by atoms with Crippen molar-refractivity contribution >= 4 is 11.4 Å². The molecule has 16 heavy (non-hydrogen) atoms. The number of morpholine rings is 1. The first-order valence-corrected chi connectivity index (χ1v) is 5.21. The summed E-state index contributed by atoms with van der Waals surface area (Å²) in [5.74, 6) is 0.720. The van der Waals surface area contributed by atoms with Gasteiger partial charge in [-0.2, -0.15) is 0 Å². The molecule has 2 rings (SSSR count). The van der Waals surface area contributed by atoms with Crippen LogP contribution < -0.4 is 9.64 Å². The standard InChI is InChI=1S/C11H14N3O2/c1-15-11-8-9(13-12)2-3-10(11)14-4-6-16-7-5-14/h2-3,8H,4-7H2,1H3/q+1. The molecule has 5 heteroatoms. The van der Waals surface area contributed by atoms with Crippen LogP contribution in [0.2, 0.25) is 0 Å². The SMILES string of the molecule is COc1cc([N+]#N)ccc1N1CCOCC1. The lowest BCUT2D eigenvalue weighted by molar-refractivity contribution is 0.122. The Labute approximate surface area is 94.2 Å². The zero-order valence-corrected chi connectivity index (χ0v) is 9.22. The second-order valence-electron chi connectivity index (χ2n) is 3.56. The van der Waals surface area contributed by atoms with Crippen molar-refractivity contribution in [1.82, 2.24) is 0 Å². The molecule has 0 bridgehead atoms. The Morgan fingerprint density at radius 1 is 1.38 bits per heavy atom. The third-order valence-corrected chi connectivity index (χ3v) is 2.63. The molecular formula is C11H14N3O2+. The van der Waals surface area contributed by atoms with Gasteiger partial charge in [0.2, 0.25) is 5.39 Å². The summed E-state index contributed by atoms with van der Waals surface area (Å²) < 4.78 is 10.6. The van der Waals surface area contributed by atoms with Crippen molar-refractivity contribution in [1.29, 1.82) is 5.39 Å². The second-order valence-corrected chi connectivity index (χ2v) is 3.56. The van der Waals surface area contributed by atoms with Crippen molar-refractivity contribution in [2.75, 3.05) is 38.3 Å². The number of ether oxygens (including phenoxy) is 2. The van der Waals surface area contributed by atoms with Crippen LogP contribution in [0.15, 0.2) is 18.2 Å². The maximum absolute atomic E-state index is 8.69. The minimum atomic E-state index is 0.494. The second kappa shape index (κ2) is 4.81. The Morgan fingerprint density at radius 3 is 2.75 bits per heavy atom. The van der Waals surface area contributed by atoms with Crippen LogP contribution >= 0.6 is 0 Å². The summed E-state index contributed by atoms with van der Waals surface area (Å²) in [5, 5.41) is 8.69. The molecule has 84 valence electrons. The van der Waals surface area contributed by atoms with Crippen molar-refractivity contribution in [2.45, 2.75) is 0 Å². The van der Waals surface area contributed by atoms with Crippen LogP contribution in [0.4, 0.5) is 11.4 Å². The van der Waals surface area contributed by atoms with Crippen molar-refractivity contribution in [2.24, 2.45) is 0 Å². The molecular weight excluding hydrogens is 206 g/mol. The average Bonchev–Trinajstić information content (AvgIpc) is 2.39. The highest BCUT2D eigenvalue weighted by Gasteiger charge is 2.18. The quantitative estimate of drug-likeness (QED) is 0.715. The smallest absolute Gasteiger partial charge is 0.388 e. The van der Waals surface area contributed by atoms with Crippen LogP contribution in [0.3, 0.4) is 0 Å². The molecule has 5 nitrogen and oxygen atoms in total. The van der Waals surface area contributed by atoms with Crippen LogP contribution in [-0.4, -0.2) is 33.4 Å². The first-order valence-electron chi connectivity index (χ1n) is 5.21. The molecule has 1 aromatic carbocycles. The fraction of sp³-hybridized carbons (Fsp3) is 0.455. The number of diazo groups is 1. The highest BCUT2D eigenvalue weighted by molar-refractivity contribution is 5.65. The number of hydrogen-bond acceptors (Lipinski definition) is 4. The van der Waals surface area contributed by atoms with E-state index in [1.165, 1.54) is 0 Å². The highest BCUT2D eigenvalue weighted by Crippen LogP contribution is 2.32. The summed E-state index contributed by atoms with van der Waals surface area (Å²) in [4.78, 5) is 5.34. The van der Waals surface area contributed by atoms with Gasteiger partial charge in [-0.1, -0.05) is 0 Å². The third-order valence-electron chi connectivity index (χ3n) is 2.63. The van der Waals surface area contributed by atoms with Crippen molar-refractivity contribution < 1.29 is 9.47 Å². The van der Waals surface area contributed by atoms with Gasteiger partial charge in [-0.25, -0.2) is 0 Å². The van der Waals surface area contributed by atoms with Gasteiger partial charge in [0.15, 0.2) is 4.98 Å². The van der Waals surface area contributed by atoms with Crippen LogP contribution in [0, 0.1) is 5.39 Å². The van der Waals surface area contributed by atoms with E-state index in [0.717, 1.165) is 37.7 Å². The predicted molar refractivity (Wildman–Crippen MR) is 60.8 cm³/mol. The van der Waals surface area contributed by atoms with E-state index in [4.69, 9.17) is 14.9 Å². The normalized spacial score (nSPS) is 15.6. The Balaban J connectivity index is 2.29. The molecule has 0 spiro atoms. The molecule has 1 heterocycles. The molecule has 1 aromatic rings. The molecule has 0 saturated carbocycles. The van der Waals surface area contributed by atoms with Gasteiger partial charge in [-0.15, -0.1) is 0 Å². The van der Waals surface area contributed by atoms with Crippen LogP contribution in [0.25, 0.3) is 4.98 Å². The Bertz CT molecular complexity index is 408. The zero-order chi connectivity index (χ0) is 11.4. The molecule has 0 radical (unpaired) electrons.